The second-order valence-corrected chi connectivity index (χ2v) is 4.72. The van der Waals surface area contributed by atoms with Crippen molar-refractivity contribution in [2.75, 3.05) is 34.3 Å². The molecular weight excluding hydrogens is 204 g/mol. The Morgan fingerprint density at radius 2 is 2.19 bits per heavy atom. The highest BCUT2D eigenvalue weighted by atomic mass is 16.5. The third kappa shape index (κ3) is 2.74. The van der Waals surface area contributed by atoms with Gasteiger partial charge in [0, 0.05) is 6.54 Å². The Labute approximate surface area is 98.3 Å². The Kier molecular flexibility index (Phi) is 4.74. The molecule has 1 N–H and O–H groups in total. The van der Waals surface area contributed by atoms with Crippen LogP contribution in [0.25, 0.3) is 0 Å². The van der Waals surface area contributed by atoms with Gasteiger partial charge < -0.3 is 15.0 Å². The van der Waals surface area contributed by atoms with Crippen LogP contribution < -0.4 is 5.32 Å². The van der Waals surface area contributed by atoms with Gasteiger partial charge in [-0.3, -0.25) is 0 Å². The second kappa shape index (κ2) is 5.64. The van der Waals surface area contributed by atoms with Gasteiger partial charge in [-0.05, 0) is 45.8 Å². The van der Waals surface area contributed by atoms with E-state index in [-0.39, 0.29) is 5.97 Å². The summed E-state index contributed by atoms with van der Waals surface area (Å²) in [6.07, 6.45) is 3.34. The van der Waals surface area contributed by atoms with E-state index in [4.69, 9.17) is 4.74 Å². The highest BCUT2D eigenvalue weighted by Gasteiger charge is 2.51. The van der Waals surface area contributed by atoms with Gasteiger partial charge in [-0.15, -0.1) is 0 Å². The molecule has 1 aliphatic carbocycles. The van der Waals surface area contributed by atoms with Gasteiger partial charge in [-0.1, -0.05) is 6.92 Å². The third-order valence-corrected chi connectivity index (χ3v) is 3.39. The standard InChI is InChI=1S/C12H24N2O2/c1-5-8-14(3)9-12(13-2,10-6-7-10)11(15)16-4/h10,13H,5-9H2,1-4H3. The van der Waals surface area contributed by atoms with E-state index in [1.165, 1.54) is 7.11 Å². The van der Waals surface area contributed by atoms with Crippen molar-refractivity contribution in [2.45, 2.75) is 31.7 Å². The molecule has 0 aromatic rings. The topological polar surface area (TPSA) is 41.6 Å². The summed E-state index contributed by atoms with van der Waals surface area (Å²) in [4.78, 5) is 14.2. The fourth-order valence-electron chi connectivity index (χ4n) is 2.39. The average Bonchev–Trinajstić information content (AvgIpc) is 3.09. The summed E-state index contributed by atoms with van der Waals surface area (Å²) >= 11 is 0. The van der Waals surface area contributed by atoms with Crippen molar-refractivity contribution in [1.29, 1.82) is 0 Å². The quantitative estimate of drug-likeness (QED) is 0.657. The zero-order valence-corrected chi connectivity index (χ0v) is 10.9. The van der Waals surface area contributed by atoms with E-state index in [0.717, 1.165) is 32.4 Å². The molecule has 16 heavy (non-hydrogen) atoms. The van der Waals surface area contributed by atoms with E-state index in [1.54, 1.807) is 0 Å². The van der Waals surface area contributed by atoms with Crippen molar-refractivity contribution < 1.29 is 9.53 Å². The van der Waals surface area contributed by atoms with Crippen LogP contribution in [0.15, 0.2) is 0 Å². The minimum absolute atomic E-state index is 0.125. The number of nitrogens with zero attached hydrogens (tertiary/aromatic N) is 1. The zero-order valence-electron chi connectivity index (χ0n) is 10.9. The number of carbonyl (C=O) groups excluding carboxylic acids is 1. The summed E-state index contributed by atoms with van der Waals surface area (Å²) in [6, 6.07) is 0. The lowest BCUT2D eigenvalue weighted by molar-refractivity contribution is -0.150. The Bertz CT molecular complexity index is 241. The van der Waals surface area contributed by atoms with E-state index < -0.39 is 5.54 Å². The molecule has 0 saturated heterocycles. The first-order valence-corrected chi connectivity index (χ1v) is 6.06. The van der Waals surface area contributed by atoms with Crippen molar-refractivity contribution >= 4 is 5.97 Å². The molecule has 1 aliphatic rings. The molecule has 0 spiro atoms. The summed E-state index contributed by atoms with van der Waals surface area (Å²) in [6.45, 7) is 3.88. The first-order chi connectivity index (χ1) is 7.60. The Morgan fingerprint density at radius 1 is 1.56 bits per heavy atom. The lowest BCUT2D eigenvalue weighted by atomic mass is 9.92. The molecular formula is C12H24N2O2. The van der Waals surface area contributed by atoms with E-state index >= 15 is 0 Å². The highest BCUT2D eigenvalue weighted by Crippen LogP contribution is 2.40. The molecule has 0 aromatic carbocycles. The summed E-state index contributed by atoms with van der Waals surface area (Å²) in [5.41, 5.74) is -0.501. The largest absolute Gasteiger partial charge is 0.468 e. The van der Waals surface area contributed by atoms with Gasteiger partial charge in [-0.2, -0.15) is 0 Å². The molecule has 0 radical (unpaired) electrons. The van der Waals surface area contributed by atoms with Crippen LogP contribution in [-0.4, -0.2) is 50.7 Å². The van der Waals surface area contributed by atoms with E-state index in [9.17, 15) is 4.79 Å². The number of methoxy groups -OCH3 is 1. The number of carbonyl (C=O) groups is 1. The minimum Gasteiger partial charge on any atom is -0.468 e. The SMILES string of the molecule is CCCN(C)CC(NC)(C(=O)OC)C1CC1. The molecule has 1 rings (SSSR count). The van der Waals surface area contributed by atoms with Crippen LogP contribution in [0.1, 0.15) is 26.2 Å². The molecule has 0 bridgehead atoms. The van der Waals surface area contributed by atoms with Crippen LogP contribution in [-0.2, 0) is 9.53 Å². The van der Waals surface area contributed by atoms with Gasteiger partial charge >= 0.3 is 5.97 Å². The fraction of sp³-hybridized carbons (Fsp3) is 0.917. The maximum atomic E-state index is 12.0. The summed E-state index contributed by atoms with van der Waals surface area (Å²) in [5.74, 6) is 0.310. The molecule has 0 aromatic heterocycles. The van der Waals surface area contributed by atoms with Gasteiger partial charge in [0.2, 0.25) is 0 Å². The molecule has 1 unspecified atom stereocenters. The molecule has 0 amide bonds. The summed E-state index contributed by atoms with van der Waals surface area (Å²) in [7, 11) is 5.38. The van der Waals surface area contributed by atoms with Gasteiger partial charge in [0.1, 0.15) is 5.54 Å². The van der Waals surface area contributed by atoms with Crippen molar-refractivity contribution in [3.63, 3.8) is 0 Å². The van der Waals surface area contributed by atoms with Gasteiger partial charge in [-0.25, -0.2) is 4.79 Å². The summed E-state index contributed by atoms with van der Waals surface area (Å²) < 4.78 is 4.96. The molecule has 1 saturated carbocycles. The molecule has 94 valence electrons. The van der Waals surface area contributed by atoms with E-state index in [0.29, 0.717) is 5.92 Å². The smallest absolute Gasteiger partial charge is 0.327 e. The van der Waals surface area contributed by atoms with Gasteiger partial charge in [0.15, 0.2) is 0 Å². The second-order valence-electron chi connectivity index (χ2n) is 4.72. The van der Waals surface area contributed by atoms with Crippen LogP contribution in [0.4, 0.5) is 0 Å². The normalized spacial score (nSPS) is 19.6. The van der Waals surface area contributed by atoms with Crippen molar-refractivity contribution in [1.82, 2.24) is 10.2 Å². The van der Waals surface area contributed by atoms with Crippen molar-refractivity contribution in [3.8, 4) is 0 Å². The number of rotatable bonds is 7. The lowest BCUT2D eigenvalue weighted by Crippen LogP contribution is -2.59. The molecule has 4 nitrogen and oxygen atoms in total. The fourth-order valence-corrected chi connectivity index (χ4v) is 2.39. The molecule has 4 heteroatoms. The first kappa shape index (κ1) is 13.5. The molecule has 1 fully saturated rings. The number of hydrogen-bond acceptors (Lipinski definition) is 4. The Hall–Kier alpha value is -0.610. The molecule has 0 heterocycles. The number of ether oxygens (including phenoxy) is 1. The number of nitrogens with one attached hydrogen (secondary N) is 1. The van der Waals surface area contributed by atoms with Crippen molar-refractivity contribution in [2.24, 2.45) is 5.92 Å². The van der Waals surface area contributed by atoms with Gasteiger partial charge in [0.05, 0.1) is 7.11 Å². The van der Waals surface area contributed by atoms with E-state index in [1.807, 2.05) is 7.05 Å². The predicted octanol–water partition coefficient (Wildman–Crippen LogP) is 0.869. The van der Waals surface area contributed by atoms with E-state index in [2.05, 4.69) is 24.2 Å². The van der Waals surface area contributed by atoms with Crippen molar-refractivity contribution in [3.05, 3.63) is 0 Å². The number of hydrogen-bond donors (Lipinski definition) is 1. The number of likely N-dealkylation sites (N-methyl/N-ethyl adjacent to an activating group) is 2. The average molecular weight is 228 g/mol. The van der Waals surface area contributed by atoms with Gasteiger partial charge in [0.25, 0.3) is 0 Å². The molecule has 1 atom stereocenters. The first-order valence-electron chi connectivity index (χ1n) is 6.06. The van der Waals surface area contributed by atoms with Crippen LogP contribution in [0.2, 0.25) is 0 Å². The van der Waals surface area contributed by atoms with Crippen LogP contribution in [0, 0.1) is 5.92 Å². The minimum atomic E-state index is -0.501. The molecule has 0 aliphatic heterocycles. The highest BCUT2D eigenvalue weighted by molar-refractivity contribution is 5.82. The number of esters is 1. The third-order valence-electron chi connectivity index (χ3n) is 3.39. The maximum Gasteiger partial charge on any atom is 0.327 e. The van der Waals surface area contributed by atoms with Crippen LogP contribution in [0.5, 0.6) is 0 Å². The van der Waals surface area contributed by atoms with Crippen LogP contribution >= 0.6 is 0 Å². The Morgan fingerprint density at radius 3 is 2.56 bits per heavy atom. The Balaban J connectivity index is 2.72. The monoisotopic (exact) mass is 228 g/mol. The predicted molar refractivity (Wildman–Crippen MR) is 64.3 cm³/mol. The lowest BCUT2D eigenvalue weighted by Gasteiger charge is -2.34. The maximum absolute atomic E-state index is 12.0. The zero-order chi connectivity index (χ0) is 12.2. The summed E-state index contributed by atoms with van der Waals surface area (Å²) in [5, 5.41) is 3.20. The van der Waals surface area contributed by atoms with Crippen LogP contribution in [0.3, 0.4) is 0 Å².